The van der Waals surface area contributed by atoms with Crippen molar-refractivity contribution < 1.29 is 9.59 Å². The molecule has 2 amide bonds. The highest BCUT2D eigenvalue weighted by atomic mass is 16.2. The summed E-state index contributed by atoms with van der Waals surface area (Å²) in [5, 5.41) is 5.61. The van der Waals surface area contributed by atoms with Crippen LogP contribution >= 0.6 is 0 Å². The third-order valence-electron chi connectivity index (χ3n) is 4.28. The van der Waals surface area contributed by atoms with Gasteiger partial charge in [-0.15, -0.1) is 0 Å². The van der Waals surface area contributed by atoms with E-state index in [1.807, 2.05) is 62.4 Å². The van der Waals surface area contributed by atoms with E-state index >= 15 is 0 Å². The summed E-state index contributed by atoms with van der Waals surface area (Å²) < 4.78 is 0. The van der Waals surface area contributed by atoms with Crippen LogP contribution < -0.4 is 10.6 Å². The van der Waals surface area contributed by atoms with Crippen LogP contribution in [0.3, 0.4) is 0 Å². The molecule has 0 radical (unpaired) electrons. The SMILES string of the molecule is Cc1ccc(CNC(=O)c2cc(C(=O)NCc3ccc(C)cc3)ncn2)cc1. The number of carbonyl (C=O) groups excluding carboxylic acids is 2. The zero-order chi connectivity index (χ0) is 19.9. The molecule has 0 aliphatic heterocycles. The van der Waals surface area contributed by atoms with Gasteiger partial charge in [-0.2, -0.15) is 0 Å². The molecule has 3 aromatic rings. The van der Waals surface area contributed by atoms with Gasteiger partial charge in [0.05, 0.1) is 0 Å². The fourth-order valence-corrected chi connectivity index (χ4v) is 2.56. The van der Waals surface area contributed by atoms with Crippen molar-refractivity contribution in [3.63, 3.8) is 0 Å². The Morgan fingerprint density at radius 1 is 0.714 bits per heavy atom. The predicted octanol–water partition coefficient (Wildman–Crippen LogP) is 2.95. The average molecular weight is 374 g/mol. The van der Waals surface area contributed by atoms with Crippen LogP contribution in [0.2, 0.25) is 0 Å². The van der Waals surface area contributed by atoms with Crippen molar-refractivity contribution in [1.29, 1.82) is 0 Å². The molecule has 3 rings (SSSR count). The van der Waals surface area contributed by atoms with Crippen LogP contribution in [0.15, 0.2) is 60.9 Å². The number of nitrogens with zero attached hydrogens (tertiary/aromatic N) is 2. The largest absolute Gasteiger partial charge is 0.347 e. The van der Waals surface area contributed by atoms with Gasteiger partial charge in [-0.3, -0.25) is 9.59 Å². The summed E-state index contributed by atoms with van der Waals surface area (Å²) in [6.07, 6.45) is 1.22. The topological polar surface area (TPSA) is 84.0 Å². The van der Waals surface area contributed by atoms with E-state index < -0.39 is 0 Å². The van der Waals surface area contributed by atoms with Gasteiger partial charge in [0.1, 0.15) is 17.7 Å². The van der Waals surface area contributed by atoms with Gasteiger partial charge >= 0.3 is 0 Å². The van der Waals surface area contributed by atoms with Crippen LogP contribution in [0.25, 0.3) is 0 Å². The van der Waals surface area contributed by atoms with Gasteiger partial charge < -0.3 is 10.6 Å². The van der Waals surface area contributed by atoms with Gasteiger partial charge in [0, 0.05) is 19.2 Å². The Bertz CT molecular complexity index is 890. The molecule has 0 fully saturated rings. The lowest BCUT2D eigenvalue weighted by atomic mass is 10.1. The molecule has 0 aliphatic carbocycles. The Balaban J connectivity index is 1.58. The first kappa shape index (κ1) is 19.2. The van der Waals surface area contributed by atoms with Crippen molar-refractivity contribution in [1.82, 2.24) is 20.6 Å². The summed E-state index contributed by atoms with van der Waals surface area (Å²) in [6, 6.07) is 17.2. The van der Waals surface area contributed by atoms with E-state index in [2.05, 4.69) is 20.6 Å². The number of hydrogen-bond donors (Lipinski definition) is 2. The van der Waals surface area contributed by atoms with Gasteiger partial charge in [-0.25, -0.2) is 9.97 Å². The number of amides is 2. The lowest BCUT2D eigenvalue weighted by Crippen LogP contribution is -2.27. The maximum Gasteiger partial charge on any atom is 0.270 e. The number of hydrogen-bond acceptors (Lipinski definition) is 4. The Morgan fingerprint density at radius 2 is 1.11 bits per heavy atom. The van der Waals surface area contributed by atoms with E-state index in [0.717, 1.165) is 22.3 Å². The number of nitrogens with one attached hydrogen (secondary N) is 2. The van der Waals surface area contributed by atoms with Gasteiger partial charge in [0.2, 0.25) is 0 Å². The molecular formula is C22H22N4O2. The van der Waals surface area contributed by atoms with Crippen LogP contribution in [-0.2, 0) is 13.1 Å². The highest BCUT2D eigenvalue weighted by Gasteiger charge is 2.13. The first-order chi connectivity index (χ1) is 13.5. The molecule has 0 saturated carbocycles. The van der Waals surface area contributed by atoms with Gasteiger partial charge in [0.25, 0.3) is 11.8 Å². The Kier molecular flexibility index (Phi) is 6.11. The van der Waals surface area contributed by atoms with Gasteiger partial charge in [0.15, 0.2) is 0 Å². The fraction of sp³-hybridized carbons (Fsp3) is 0.182. The molecule has 1 heterocycles. The maximum atomic E-state index is 12.3. The summed E-state index contributed by atoms with van der Waals surface area (Å²) in [6.45, 7) is 4.79. The molecule has 0 saturated heterocycles. The second kappa shape index (κ2) is 8.90. The highest BCUT2D eigenvalue weighted by molar-refractivity contribution is 5.97. The number of benzene rings is 2. The van der Waals surface area contributed by atoms with E-state index in [0.29, 0.717) is 13.1 Å². The monoisotopic (exact) mass is 374 g/mol. The molecular weight excluding hydrogens is 352 g/mol. The molecule has 142 valence electrons. The molecule has 0 atom stereocenters. The fourth-order valence-electron chi connectivity index (χ4n) is 2.56. The minimum atomic E-state index is -0.351. The van der Waals surface area contributed by atoms with Crippen LogP contribution in [0, 0.1) is 13.8 Å². The first-order valence-corrected chi connectivity index (χ1v) is 9.01. The molecule has 28 heavy (non-hydrogen) atoms. The number of carbonyl (C=O) groups is 2. The molecule has 2 N–H and O–H groups in total. The summed E-state index contributed by atoms with van der Waals surface area (Å²) in [5.74, 6) is -0.703. The minimum absolute atomic E-state index is 0.155. The lowest BCUT2D eigenvalue weighted by molar-refractivity contribution is 0.0944. The zero-order valence-electron chi connectivity index (χ0n) is 15.9. The molecule has 6 heteroatoms. The van der Waals surface area contributed by atoms with Crippen LogP contribution in [0.5, 0.6) is 0 Å². The summed E-state index contributed by atoms with van der Waals surface area (Å²) >= 11 is 0. The van der Waals surface area contributed by atoms with E-state index in [4.69, 9.17) is 0 Å². The van der Waals surface area contributed by atoms with E-state index in [9.17, 15) is 9.59 Å². The normalized spacial score (nSPS) is 10.4. The molecule has 1 aromatic heterocycles. The third-order valence-corrected chi connectivity index (χ3v) is 4.28. The number of aryl methyl sites for hydroxylation is 2. The quantitative estimate of drug-likeness (QED) is 0.695. The average Bonchev–Trinajstić information content (AvgIpc) is 2.72. The molecule has 0 unspecified atom stereocenters. The first-order valence-electron chi connectivity index (χ1n) is 9.01. The van der Waals surface area contributed by atoms with Gasteiger partial charge in [-0.05, 0) is 25.0 Å². The van der Waals surface area contributed by atoms with Crippen molar-refractivity contribution >= 4 is 11.8 Å². The standard InChI is InChI=1S/C22H22N4O2/c1-15-3-7-17(8-4-15)12-23-21(27)19-11-20(26-14-25-19)22(28)24-13-18-9-5-16(2)6-10-18/h3-11,14H,12-13H2,1-2H3,(H,23,27)(H,24,28). The van der Waals surface area contributed by atoms with Crippen molar-refractivity contribution in [3.05, 3.63) is 94.6 Å². The van der Waals surface area contributed by atoms with Crippen molar-refractivity contribution in [2.45, 2.75) is 26.9 Å². The Hall–Kier alpha value is -3.54. The second-order valence-electron chi connectivity index (χ2n) is 6.63. The van der Waals surface area contributed by atoms with E-state index in [1.165, 1.54) is 12.4 Å². The minimum Gasteiger partial charge on any atom is -0.347 e. The third kappa shape index (κ3) is 5.23. The molecule has 0 bridgehead atoms. The molecule has 6 nitrogen and oxygen atoms in total. The summed E-state index contributed by atoms with van der Waals surface area (Å²) in [4.78, 5) is 32.6. The smallest absolute Gasteiger partial charge is 0.270 e. The van der Waals surface area contributed by atoms with Crippen molar-refractivity contribution in [3.8, 4) is 0 Å². The van der Waals surface area contributed by atoms with E-state index in [1.54, 1.807) is 0 Å². The molecule has 0 spiro atoms. The summed E-state index contributed by atoms with van der Waals surface area (Å²) in [7, 11) is 0. The maximum absolute atomic E-state index is 12.3. The predicted molar refractivity (Wildman–Crippen MR) is 107 cm³/mol. The van der Waals surface area contributed by atoms with Crippen LogP contribution in [0.4, 0.5) is 0 Å². The highest BCUT2D eigenvalue weighted by Crippen LogP contribution is 2.05. The van der Waals surface area contributed by atoms with Crippen LogP contribution in [0.1, 0.15) is 43.2 Å². The number of rotatable bonds is 6. The second-order valence-corrected chi connectivity index (χ2v) is 6.63. The number of aromatic nitrogens is 2. The molecule has 2 aromatic carbocycles. The van der Waals surface area contributed by atoms with E-state index in [-0.39, 0.29) is 23.2 Å². The molecule has 0 aliphatic rings. The zero-order valence-corrected chi connectivity index (χ0v) is 15.9. The lowest BCUT2D eigenvalue weighted by Gasteiger charge is -2.07. The Morgan fingerprint density at radius 3 is 1.50 bits per heavy atom. The van der Waals surface area contributed by atoms with Crippen molar-refractivity contribution in [2.75, 3.05) is 0 Å². The van der Waals surface area contributed by atoms with Gasteiger partial charge in [-0.1, -0.05) is 59.7 Å². The Labute approximate surface area is 164 Å². The van der Waals surface area contributed by atoms with Crippen molar-refractivity contribution in [2.24, 2.45) is 0 Å². The van der Waals surface area contributed by atoms with Crippen LogP contribution in [-0.4, -0.2) is 21.8 Å². The summed E-state index contributed by atoms with van der Waals surface area (Å²) in [5.41, 5.74) is 4.61.